The van der Waals surface area contributed by atoms with E-state index in [2.05, 4.69) is 73.5 Å². The molecule has 0 bridgehead atoms. The molecule has 0 aliphatic heterocycles. The number of nitrogens with zero attached hydrogens (tertiary/aromatic N) is 7. The van der Waals surface area contributed by atoms with Crippen molar-refractivity contribution in [2.45, 2.75) is 48.3 Å². The number of amides is 1. The first-order valence-corrected chi connectivity index (χ1v) is 26.0. The fourth-order valence-corrected chi connectivity index (χ4v) is 8.99. The molecule has 6 aromatic carbocycles. The van der Waals surface area contributed by atoms with Crippen molar-refractivity contribution in [1.82, 2.24) is 0 Å². The smallest absolute Gasteiger partial charge is 0.296 e. The Balaban J connectivity index is 0.000000289. The molecule has 0 heterocycles. The monoisotopic (exact) mass is 1110 g/mol. The molecule has 1 amide bonds. The van der Waals surface area contributed by atoms with Crippen molar-refractivity contribution in [3.8, 4) is 11.5 Å². The largest absolute Gasteiger partial charge is 0.505 e. The van der Waals surface area contributed by atoms with Gasteiger partial charge in [0.05, 0.1) is 58.8 Å². The molecule has 6 aromatic rings. The second-order valence-corrected chi connectivity index (χ2v) is 19.3. The lowest BCUT2D eigenvalue weighted by Gasteiger charge is -2.24. The number of methoxy groups -OCH3 is 1. The zero-order valence-corrected chi connectivity index (χ0v) is 43.6. The fourth-order valence-electron chi connectivity index (χ4n) is 6.90. The minimum atomic E-state index is -4.91. The highest BCUT2D eigenvalue weighted by Gasteiger charge is 2.26. The molecule has 0 aliphatic rings. The minimum Gasteiger partial charge on any atom is -0.505 e. The molecule has 0 atom stereocenters. The van der Waals surface area contributed by atoms with Gasteiger partial charge in [-0.25, -0.2) is 10.5 Å². The topological polar surface area (TPSA) is 383 Å². The third-order valence-corrected chi connectivity index (χ3v) is 13.2. The number of nitrogens with two attached hydrogens (primary N) is 2. The Labute approximate surface area is 438 Å². The van der Waals surface area contributed by atoms with Gasteiger partial charge in [-0.05, 0) is 111 Å². The summed E-state index contributed by atoms with van der Waals surface area (Å²) in [6.07, 6.45) is 0.663. The molecule has 0 aliphatic carbocycles. The standard InChI is InChI=1S/C25H29N5O2.C20H21N5O14S4/c1-5-30(6-2)23-15-21(26)22(16-24(23)32-4)29-28-20-13-11-19(12-14-20)27-25(31)18-9-7-17(3)8-10-18;1-22-24-19-15(43(32,33)34)9-11-8-13(40-38-36-27)18(17(21)16(11)20(19)26)25-23-12-5-4-10(7-14(12)42(29,30)31)3-2-6-35-41-39-37-28/h7-16H,5-6,26H2,1-4H3,(H,27,31);4-5,7-9,26-28H,2-3,6,21H2,1H3,(H,29,30,31)(H,32,33,34). The summed E-state index contributed by atoms with van der Waals surface area (Å²) in [6, 6.07) is 24.2. The molecule has 10 N–H and O–H groups in total. The number of aromatic hydroxyl groups is 1. The highest BCUT2D eigenvalue weighted by molar-refractivity contribution is 7.94. The zero-order valence-electron chi connectivity index (χ0n) is 40.3. The van der Waals surface area contributed by atoms with Crippen LogP contribution in [0.5, 0.6) is 11.5 Å². The number of azo groups is 3. The molecule has 0 fully saturated rings. The summed E-state index contributed by atoms with van der Waals surface area (Å²) in [5.41, 5.74) is 16.4. The van der Waals surface area contributed by atoms with Gasteiger partial charge in [0.15, 0.2) is 18.1 Å². The SMILES string of the molecule is CCN(CC)c1cc(N)c(N=Nc2ccc(NC(=O)c3ccc(C)cc3)cc2)cc1OC.CN=Nc1c(S(=O)(=O)O)cc2cc(SOOO)c(N=Nc3ccc(CCCOSOOO)cc3S(=O)(=O)O)c(N)c2c1O. The maximum absolute atomic E-state index is 12.4. The molecule has 0 aromatic heterocycles. The van der Waals surface area contributed by atoms with E-state index in [-0.39, 0.29) is 45.2 Å². The number of carbonyl (C=O) groups excluding carboxylic acids is 1. The van der Waals surface area contributed by atoms with Crippen LogP contribution in [0.2, 0.25) is 0 Å². The van der Waals surface area contributed by atoms with E-state index in [0.29, 0.717) is 76.8 Å². The number of benzene rings is 6. The number of rotatable bonds is 23. The highest BCUT2D eigenvalue weighted by Crippen LogP contribution is 2.49. The average Bonchev–Trinajstić information content (AvgIpc) is 3.37. The molecule has 0 radical (unpaired) electrons. The lowest BCUT2D eigenvalue weighted by molar-refractivity contribution is -0.434. The molecule has 0 saturated carbocycles. The summed E-state index contributed by atoms with van der Waals surface area (Å²) in [7, 11) is -6.92. The number of carbonyl (C=O) groups is 1. The van der Waals surface area contributed by atoms with Crippen molar-refractivity contribution in [2.24, 2.45) is 30.7 Å². The number of anilines is 4. The Morgan fingerprint density at radius 1 is 0.773 bits per heavy atom. The first kappa shape index (κ1) is 59.0. The van der Waals surface area contributed by atoms with Gasteiger partial charge < -0.3 is 31.5 Å². The summed E-state index contributed by atoms with van der Waals surface area (Å²) in [5, 5.41) is 60.5. The molecule has 400 valence electrons. The van der Waals surface area contributed by atoms with Gasteiger partial charge in [0.1, 0.15) is 38.3 Å². The second kappa shape index (κ2) is 27.6. The predicted molar refractivity (Wildman–Crippen MR) is 279 cm³/mol. The van der Waals surface area contributed by atoms with Crippen molar-refractivity contribution in [1.29, 1.82) is 0 Å². The van der Waals surface area contributed by atoms with Gasteiger partial charge in [-0.2, -0.15) is 32.2 Å². The van der Waals surface area contributed by atoms with Crippen LogP contribution in [0.1, 0.15) is 41.8 Å². The third-order valence-electron chi connectivity index (χ3n) is 10.5. The Hall–Kier alpha value is -6.91. The third kappa shape index (κ3) is 16.0. The molecule has 30 heteroatoms. The number of phenols is 1. The first-order chi connectivity index (χ1) is 35.8. The van der Waals surface area contributed by atoms with E-state index in [0.717, 1.165) is 36.5 Å². The summed E-state index contributed by atoms with van der Waals surface area (Å²) in [5.74, 6) is -0.264. The first-order valence-electron chi connectivity index (χ1n) is 21.7. The van der Waals surface area contributed by atoms with Crippen LogP contribution in [0, 0.1) is 6.92 Å². The van der Waals surface area contributed by atoms with Crippen molar-refractivity contribution < 1.29 is 74.0 Å². The van der Waals surface area contributed by atoms with E-state index in [1.165, 1.54) is 25.2 Å². The van der Waals surface area contributed by atoms with E-state index in [1.54, 1.807) is 49.6 Å². The zero-order chi connectivity index (χ0) is 54.9. The van der Waals surface area contributed by atoms with E-state index in [1.807, 2.05) is 25.1 Å². The number of phenolic OH excluding ortho intramolecular Hbond substituents is 1. The molecular weight excluding hydrogens is 1060 g/mol. The highest BCUT2D eigenvalue weighted by atomic mass is 32.2. The van der Waals surface area contributed by atoms with Gasteiger partial charge in [0.25, 0.3) is 26.1 Å². The molecule has 26 nitrogen and oxygen atoms in total. The Bertz CT molecular complexity index is 3280. The van der Waals surface area contributed by atoms with E-state index in [4.69, 9.17) is 30.9 Å². The molecule has 0 unspecified atom stereocenters. The lowest BCUT2D eigenvalue weighted by Crippen LogP contribution is -2.22. The van der Waals surface area contributed by atoms with E-state index in [9.17, 15) is 35.8 Å². The van der Waals surface area contributed by atoms with E-state index >= 15 is 0 Å². The van der Waals surface area contributed by atoms with Crippen LogP contribution in [0.15, 0.2) is 136 Å². The van der Waals surface area contributed by atoms with Crippen molar-refractivity contribution in [3.05, 3.63) is 108 Å². The molecule has 75 heavy (non-hydrogen) atoms. The van der Waals surface area contributed by atoms with Crippen LogP contribution in [0.3, 0.4) is 0 Å². The van der Waals surface area contributed by atoms with Gasteiger partial charge in [-0.3, -0.25) is 18.1 Å². The quantitative estimate of drug-likeness (QED) is 0.00562. The Morgan fingerprint density at radius 3 is 2.05 bits per heavy atom. The predicted octanol–water partition coefficient (Wildman–Crippen LogP) is 11.2. The maximum Gasteiger partial charge on any atom is 0.296 e. The number of aryl methyl sites for hydroxylation is 2. The summed E-state index contributed by atoms with van der Waals surface area (Å²) >= 11 is 0.694. The van der Waals surface area contributed by atoms with Crippen LogP contribution in [0.4, 0.5) is 51.2 Å². The van der Waals surface area contributed by atoms with Crippen LogP contribution in [0.25, 0.3) is 10.8 Å². The van der Waals surface area contributed by atoms with Gasteiger partial charge >= 0.3 is 0 Å². The van der Waals surface area contributed by atoms with Crippen molar-refractivity contribution in [2.75, 3.05) is 55.5 Å². The molecular formula is C45H50N10O16S4. The van der Waals surface area contributed by atoms with Gasteiger partial charge in [0, 0.05) is 37.5 Å². The number of hydrogen-bond acceptors (Lipinski definition) is 25. The fraction of sp³-hybridized carbons (Fsp3) is 0.222. The summed E-state index contributed by atoms with van der Waals surface area (Å²) < 4.78 is 86.6. The lowest BCUT2D eigenvalue weighted by atomic mass is 10.1. The minimum absolute atomic E-state index is 0.0681. The molecule has 0 saturated heterocycles. The Morgan fingerprint density at radius 2 is 1.44 bits per heavy atom. The van der Waals surface area contributed by atoms with Crippen LogP contribution in [-0.2, 0) is 49.6 Å². The summed E-state index contributed by atoms with van der Waals surface area (Å²) in [6.45, 7) is 7.97. The summed E-state index contributed by atoms with van der Waals surface area (Å²) in [4.78, 5) is 13.0. The van der Waals surface area contributed by atoms with E-state index < -0.39 is 41.5 Å². The second-order valence-electron chi connectivity index (χ2n) is 15.2. The van der Waals surface area contributed by atoms with Gasteiger partial charge in [0.2, 0.25) is 0 Å². The van der Waals surface area contributed by atoms with Crippen LogP contribution >= 0.6 is 24.4 Å². The number of ether oxygens (including phenoxy) is 1. The van der Waals surface area contributed by atoms with Crippen LogP contribution < -0.4 is 26.4 Å². The Kier molecular flexibility index (Phi) is 21.7. The van der Waals surface area contributed by atoms with Gasteiger partial charge in [-0.1, -0.05) is 33.8 Å². The van der Waals surface area contributed by atoms with Gasteiger partial charge in [-0.15, -0.1) is 24.0 Å². The number of nitrogen functional groups attached to an aromatic ring is 2. The average molecular weight is 1120 g/mol. The van der Waals surface area contributed by atoms with Crippen molar-refractivity contribution >= 4 is 112 Å². The number of hydrogen-bond donors (Lipinski definition) is 8. The number of fused-ring (bicyclic) bond motifs is 1. The molecule has 0 spiro atoms. The maximum atomic E-state index is 12.4. The van der Waals surface area contributed by atoms with Crippen LogP contribution in [-0.4, -0.2) is 81.3 Å². The number of nitrogens with one attached hydrogen (secondary N) is 1. The molecule has 6 rings (SSSR count). The normalized spacial score (nSPS) is 11.9. The van der Waals surface area contributed by atoms with Crippen molar-refractivity contribution in [3.63, 3.8) is 0 Å².